The third-order valence-corrected chi connectivity index (χ3v) is 6.64. The number of sulfonamides is 1. The summed E-state index contributed by atoms with van der Waals surface area (Å²) in [7, 11) is -2.14. The Morgan fingerprint density at radius 3 is 2.95 bits per heavy atom. The van der Waals surface area contributed by atoms with Crippen molar-refractivity contribution in [2.75, 3.05) is 33.3 Å². The molecular weight excluding hydrogens is 312 g/mol. The summed E-state index contributed by atoms with van der Waals surface area (Å²) in [5.41, 5.74) is 0. The summed E-state index contributed by atoms with van der Waals surface area (Å²) in [6.07, 6.45) is 0.884. The molecule has 0 aromatic carbocycles. The summed E-state index contributed by atoms with van der Waals surface area (Å²) >= 11 is 1.15. The number of carbonyl (C=O) groups excluding carboxylic acids is 1. The number of likely N-dealkylation sites (N-methyl/N-ethyl adjacent to an activating group) is 1. The molecule has 21 heavy (non-hydrogen) atoms. The maximum absolute atomic E-state index is 12.3. The smallest absolute Gasteiger partial charge is 0.252 e. The lowest BCUT2D eigenvalue weighted by molar-refractivity contribution is -0.138. The second-order valence-corrected chi connectivity index (χ2v) is 8.15. The van der Waals surface area contributed by atoms with Crippen LogP contribution in [0, 0.1) is 0 Å². The molecule has 0 bridgehead atoms. The van der Waals surface area contributed by atoms with Gasteiger partial charge in [-0.2, -0.15) is 4.31 Å². The van der Waals surface area contributed by atoms with Gasteiger partial charge in [0.2, 0.25) is 5.91 Å². The Kier molecular flexibility index (Phi) is 5.37. The van der Waals surface area contributed by atoms with Crippen LogP contribution < -0.4 is 0 Å². The molecule has 118 valence electrons. The van der Waals surface area contributed by atoms with Crippen LogP contribution in [0.25, 0.3) is 0 Å². The zero-order valence-corrected chi connectivity index (χ0v) is 13.8. The fourth-order valence-corrected chi connectivity index (χ4v) is 4.45. The number of hydrogen-bond donors (Lipinski definition) is 0. The molecule has 0 radical (unpaired) electrons. The predicted octanol–water partition coefficient (Wildman–Crippen LogP) is 1.01. The molecule has 1 aliphatic heterocycles. The van der Waals surface area contributed by atoms with Gasteiger partial charge in [0.25, 0.3) is 10.0 Å². The van der Waals surface area contributed by atoms with Crippen LogP contribution in [0.15, 0.2) is 21.7 Å². The average Bonchev–Trinajstić information content (AvgIpc) is 3.02. The molecule has 1 amide bonds. The van der Waals surface area contributed by atoms with Crippen molar-refractivity contribution in [3.05, 3.63) is 17.5 Å². The molecule has 0 saturated carbocycles. The first-order valence-electron chi connectivity index (χ1n) is 6.84. The normalized spacial score (nSPS) is 20.0. The maximum atomic E-state index is 12.3. The Labute approximate surface area is 129 Å². The van der Waals surface area contributed by atoms with Gasteiger partial charge in [-0.3, -0.25) is 4.79 Å². The zero-order chi connectivity index (χ0) is 15.5. The second kappa shape index (κ2) is 6.87. The van der Waals surface area contributed by atoms with E-state index in [4.69, 9.17) is 4.74 Å². The van der Waals surface area contributed by atoms with Crippen LogP contribution in [-0.4, -0.2) is 62.9 Å². The lowest BCUT2D eigenvalue weighted by Crippen LogP contribution is -2.49. The van der Waals surface area contributed by atoms with Gasteiger partial charge >= 0.3 is 0 Å². The number of amides is 1. The van der Waals surface area contributed by atoms with Crippen molar-refractivity contribution in [1.82, 2.24) is 9.21 Å². The number of carbonyl (C=O) groups is 1. The Morgan fingerprint density at radius 1 is 1.57 bits per heavy atom. The molecule has 1 aromatic heterocycles. The van der Waals surface area contributed by atoms with E-state index in [1.807, 2.05) is 6.92 Å². The quantitative estimate of drug-likeness (QED) is 0.807. The van der Waals surface area contributed by atoms with Gasteiger partial charge in [0.05, 0.1) is 19.3 Å². The summed E-state index contributed by atoms with van der Waals surface area (Å²) in [5.74, 6) is -0.181. The lowest BCUT2D eigenvalue weighted by Gasteiger charge is -2.33. The van der Waals surface area contributed by atoms with E-state index >= 15 is 0 Å². The molecule has 1 aliphatic rings. The standard InChI is InChI=1S/C13H20N2O4S2/c1-3-11-9-15(6-7-19-11)12(16)10-14(2)21(17,18)13-5-4-8-20-13/h4-5,8,11H,3,6-7,9-10H2,1-2H3. The molecule has 8 heteroatoms. The number of hydrogen-bond acceptors (Lipinski definition) is 5. The lowest BCUT2D eigenvalue weighted by atomic mass is 10.2. The van der Waals surface area contributed by atoms with E-state index in [9.17, 15) is 13.2 Å². The van der Waals surface area contributed by atoms with Crippen LogP contribution in [0.2, 0.25) is 0 Å². The van der Waals surface area contributed by atoms with Gasteiger partial charge in [0, 0.05) is 20.1 Å². The van der Waals surface area contributed by atoms with Crippen LogP contribution in [-0.2, 0) is 19.6 Å². The molecule has 1 unspecified atom stereocenters. The summed E-state index contributed by atoms with van der Waals surface area (Å²) in [5, 5.41) is 1.70. The van der Waals surface area contributed by atoms with Crippen molar-refractivity contribution in [2.24, 2.45) is 0 Å². The Hall–Kier alpha value is -0.960. The van der Waals surface area contributed by atoms with E-state index in [1.54, 1.807) is 22.4 Å². The predicted molar refractivity (Wildman–Crippen MR) is 80.7 cm³/mol. The van der Waals surface area contributed by atoms with Crippen molar-refractivity contribution < 1.29 is 17.9 Å². The molecule has 1 aromatic rings. The monoisotopic (exact) mass is 332 g/mol. The summed E-state index contributed by atoms with van der Waals surface area (Å²) in [6.45, 7) is 3.42. The van der Waals surface area contributed by atoms with Crippen LogP contribution in [0.1, 0.15) is 13.3 Å². The largest absolute Gasteiger partial charge is 0.375 e. The van der Waals surface area contributed by atoms with Crippen LogP contribution in [0.4, 0.5) is 0 Å². The molecule has 0 N–H and O–H groups in total. The van der Waals surface area contributed by atoms with Gasteiger partial charge in [0.1, 0.15) is 4.21 Å². The van der Waals surface area contributed by atoms with Gasteiger partial charge in [-0.25, -0.2) is 8.42 Å². The molecular formula is C13H20N2O4S2. The Balaban J connectivity index is 1.99. The van der Waals surface area contributed by atoms with E-state index in [-0.39, 0.29) is 22.8 Å². The molecule has 2 heterocycles. The topological polar surface area (TPSA) is 66.9 Å². The molecule has 2 rings (SSSR count). The molecule has 1 atom stereocenters. The summed E-state index contributed by atoms with van der Waals surface area (Å²) in [6, 6.07) is 3.23. The first-order chi connectivity index (χ1) is 9.95. The maximum Gasteiger partial charge on any atom is 0.252 e. The van der Waals surface area contributed by atoms with Crippen molar-refractivity contribution >= 4 is 27.3 Å². The fraction of sp³-hybridized carbons (Fsp3) is 0.615. The fourth-order valence-electron chi connectivity index (χ4n) is 2.13. The minimum atomic E-state index is -3.58. The molecule has 1 saturated heterocycles. The molecule has 6 nitrogen and oxygen atoms in total. The third-order valence-electron chi connectivity index (χ3n) is 3.46. The van der Waals surface area contributed by atoms with E-state index in [0.717, 1.165) is 22.1 Å². The molecule has 0 spiro atoms. The highest BCUT2D eigenvalue weighted by atomic mass is 32.2. The van der Waals surface area contributed by atoms with E-state index in [1.165, 1.54) is 7.05 Å². The van der Waals surface area contributed by atoms with Gasteiger partial charge in [-0.15, -0.1) is 11.3 Å². The van der Waals surface area contributed by atoms with Gasteiger partial charge < -0.3 is 9.64 Å². The van der Waals surface area contributed by atoms with Crippen molar-refractivity contribution in [3.8, 4) is 0 Å². The third kappa shape index (κ3) is 3.82. The van der Waals surface area contributed by atoms with E-state index < -0.39 is 10.0 Å². The van der Waals surface area contributed by atoms with Crippen molar-refractivity contribution in [2.45, 2.75) is 23.7 Å². The van der Waals surface area contributed by atoms with Crippen LogP contribution in [0.3, 0.4) is 0 Å². The SMILES string of the molecule is CCC1CN(C(=O)CN(C)S(=O)(=O)c2cccs2)CCO1. The minimum absolute atomic E-state index is 0.0434. The van der Waals surface area contributed by atoms with Crippen LogP contribution >= 0.6 is 11.3 Å². The Morgan fingerprint density at radius 2 is 2.33 bits per heavy atom. The van der Waals surface area contributed by atoms with E-state index in [0.29, 0.717) is 19.7 Å². The zero-order valence-electron chi connectivity index (χ0n) is 12.2. The minimum Gasteiger partial charge on any atom is -0.375 e. The first-order valence-corrected chi connectivity index (χ1v) is 9.16. The highest BCUT2D eigenvalue weighted by Crippen LogP contribution is 2.20. The number of thiophene rings is 1. The first kappa shape index (κ1) is 16.4. The van der Waals surface area contributed by atoms with E-state index in [2.05, 4.69) is 0 Å². The van der Waals surface area contributed by atoms with Gasteiger partial charge in [0.15, 0.2) is 0 Å². The number of ether oxygens (including phenoxy) is 1. The van der Waals surface area contributed by atoms with Crippen molar-refractivity contribution in [1.29, 1.82) is 0 Å². The molecule has 0 aliphatic carbocycles. The number of rotatable bonds is 5. The number of morpholine rings is 1. The summed E-state index contributed by atoms with van der Waals surface area (Å²) in [4.78, 5) is 13.9. The molecule has 1 fully saturated rings. The van der Waals surface area contributed by atoms with Crippen LogP contribution in [0.5, 0.6) is 0 Å². The Bertz CT molecular complexity index is 571. The highest BCUT2D eigenvalue weighted by molar-refractivity contribution is 7.91. The van der Waals surface area contributed by atoms with Crippen molar-refractivity contribution in [3.63, 3.8) is 0 Å². The van der Waals surface area contributed by atoms with Gasteiger partial charge in [-0.1, -0.05) is 13.0 Å². The van der Waals surface area contributed by atoms with Gasteiger partial charge in [-0.05, 0) is 17.9 Å². The summed E-state index contributed by atoms with van der Waals surface area (Å²) < 4.78 is 31.4. The highest BCUT2D eigenvalue weighted by Gasteiger charge is 2.28. The average molecular weight is 332 g/mol. The number of nitrogens with zero attached hydrogens (tertiary/aromatic N) is 2. The second-order valence-electron chi connectivity index (χ2n) is 4.93.